The zero-order valence-corrected chi connectivity index (χ0v) is 7.27. The quantitative estimate of drug-likeness (QED) is 0.583. The Balaban J connectivity index is 2.60. The highest BCUT2D eigenvalue weighted by molar-refractivity contribution is 6.14. The van der Waals surface area contributed by atoms with Gasteiger partial charge in [-0.15, -0.1) is 5.11 Å². The highest BCUT2D eigenvalue weighted by atomic mass is 16.1. The zero-order chi connectivity index (χ0) is 9.54. The predicted molar refractivity (Wildman–Crippen MR) is 51.5 cm³/mol. The lowest BCUT2D eigenvalue weighted by Crippen LogP contribution is -2.23. The summed E-state index contributed by atoms with van der Waals surface area (Å²) in [5, 5.41) is 9.78. The van der Waals surface area contributed by atoms with Gasteiger partial charge in [0.1, 0.15) is 5.70 Å². The van der Waals surface area contributed by atoms with Crippen molar-refractivity contribution in [3.63, 3.8) is 0 Å². The van der Waals surface area contributed by atoms with Crippen molar-refractivity contribution < 1.29 is 4.79 Å². The molecule has 14 heavy (non-hydrogen) atoms. The molecule has 0 unspecified atom stereocenters. The molecular weight excluding hydrogens is 176 g/mol. The summed E-state index contributed by atoms with van der Waals surface area (Å²) in [6.07, 6.45) is 2.51. The number of hydrogen-bond acceptors (Lipinski definition) is 3. The van der Waals surface area contributed by atoms with E-state index in [-0.39, 0.29) is 0 Å². The second-order valence-electron chi connectivity index (χ2n) is 3.18. The van der Waals surface area contributed by atoms with Crippen LogP contribution in [0.25, 0.3) is 11.3 Å². The molecule has 0 radical (unpaired) electrons. The van der Waals surface area contributed by atoms with Crippen molar-refractivity contribution in [1.82, 2.24) is 0 Å². The Hall–Kier alpha value is -2.03. The van der Waals surface area contributed by atoms with Gasteiger partial charge in [-0.2, -0.15) is 5.11 Å². The molecule has 3 heteroatoms. The van der Waals surface area contributed by atoms with Crippen LogP contribution in [0, 0.1) is 0 Å². The third kappa shape index (κ3) is 0.738. The lowest BCUT2D eigenvalue weighted by Gasteiger charge is -1.91. The van der Waals surface area contributed by atoms with Crippen molar-refractivity contribution >= 4 is 17.6 Å². The highest BCUT2D eigenvalue weighted by Crippen LogP contribution is 2.27. The number of carbonyl (C=O) groups excluding carboxylic acids is 1. The molecule has 1 aliphatic carbocycles. The summed E-state index contributed by atoms with van der Waals surface area (Å²) in [5.41, 5.74) is 2.37. The first-order chi connectivity index (χ1) is 6.92. The van der Waals surface area contributed by atoms with Crippen molar-refractivity contribution in [3.05, 3.63) is 46.5 Å². The predicted octanol–water partition coefficient (Wildman–Crippen LogP) is 0.508. The maximum atomic E-state index is 10.9. The molecule has 3 rings (SSSR count). The first kappa shape index (κ1) is 7.38. The van der Waals surface area contributed by atoms with Crippen LogP contribution in [0.3, 0.4) is 0 Å². The highest BCUT2D eigenvalue weighted by Gasteiger charge is 2.21. The van der Waals surface area contributed by atoms with Crippen molar-refractivity contribution in [2.45, 2.75) is 0 Å². The zero-order valence-electron chi connectivity index (χ0n) is 7.27. The van der Waals surface area contributed by atoms with Crippen LogP contribution in [0.2, 0.25) is 0 Å². The number of benzene rings is 1. The molecule has 1 aromatic rings. The summed E-state index contributed by atoms with van der Waals surface area (Å²) in [6.45, 7) is 0. The number of carbonyl (C=O) groups is 1. The largest absolute Gasteiger partial charge is 0.298 e. The first-order valence-corrected chi connectivity index (χ1v) is 4.32. The molecule has 0 saturated carbocycles. The minimum absolute atomic E-state index is 0.695. The van der Waals surface area contributed by atoms with E-state index < -0.39 is 0 Å². The number of rotatable bonds is 1. The number of hydrogen-bond donors (Lipinski definition) is 0. The number of nitrogens with zero attached hydrogens (tertiary/aromatic N) is 2. The van der Waals surface area contributed by atoms with Crippen LogP contribution in [-0.4, -0.2) is 6.29 Å². The van der Waals surface area contributed by atoms with Crippen LogP contribution in [0.15, 0.2) is 46.3 Å². The molecule has 2 aliphatic rings. The van der Waals surface area contributed by atoms with Crippen LogP contribution in [-0.2, 0) is 4.79 Å². The van der Waals surface area contributed by atoms with E-state index in [0.29, 0.717) is 5.57 Å². The lowest BCUT2D eigenvalue weighted by atomic mass is 10.1. The molecule has 0 spiro atoms. The van der Waals surface area contributed by atoms with Crippen LogP contribution in [0.4, 0.5) is 0 Å². The Bertz CT molecular complexity index is 593. The first-order valence-electron chi connectivity index (χ1n) is 4.32. The van der Waals surface area contributed by atoms with Crippen LogP contribution >= 0.6 is 0 Å². The Morgan fingerprint density at radius 1 is 1.14 bits per heavy atom. The maximum Gasteiger partial charge on any atom is 0.151 e. The third-order valence-electron chi connectivity index (χ3n) is 2.48. The standard InChI is InChI=1S/C11H6N2O/c14-6-10-7-3-1-2-4-8(7)11-9(10)5-12-13-11/h1-6H. The van der Waals surface area contributed by atoms with Gasteiger partial charge in [0.05, 0.1) is 6.20 Å². The summed E-state index contributed by atoms with van der Waals surface area (Å²) >= 11 is 0. The number of aldehydes is 1. The van der Waals surface area contributed by atoms with Crippen LogP contribution in [0.5, 0.6) is 0 Å². The van der Waals surface area contributed by atoms with E-state index in [2.05, 4.69) is 10.2 Å². The summed E-state index contributed by atoms with van der Waals surface area (Å²) < 4.78 is 0. The fourth-order valence-electron chi connectivity index (χ4n) is 1.85. The van der Waals surface area contributed by atoms with Crippen molar-refractivity contribution in [2.24, 2.45) is 10.2 Å². The average Bonchev–Trinajstić information content (AvgIpc) is 2.77. The SMILES string of the molecule is O=CC1=c2ccccc2=C2N=NC=C12. The fourth-order valence-corrected chi connectivity index (χ4v) is 1.85. The lowest BCUT2D eigenvalue weighted by molar-refractivity contribution is -0.103. The Morgan fingerprint density at radius 3 is 2.71 bits per heavy atom. The Morgan fingerprint density at radius 2 is 1.93 bits per heavy atom. The van der Waals surface area contributed by atoms with Gasteiger partial charge in [0, 0.05) is 16.4 Å². The second-order valence-corrected chi connectivity index (χ2v) is 3.18. The number of fused-ring (bicyclic) bond motifs is 2. The molecule has 1 aliphatic heterocycles. The normalized spacial score (nSPS) is 16.7. The minimum Gasteiger partial charge on any atom is -0.298 e. The molecule has 3 nitrogen and oxygen atoms in total. The van der Waals surface area contributed by atoms with Gasteiger partial charge in [0.2, 0.25) is 0 Å². The van der Waals surface area contributed by atoms with Crippen molar-refractivity contribution in [3.8, 4) is 0 Å². The van der Waals surface area contributed by atoms with Gasteiger partial charge in [0.15, 0.2) is 6.29 Å². The van der Waals surface area contributed by atoms with Gasteiger partial charge in [0.25, 0.3) is 0 Å². The Kier molecular flexibility index (Phi) is 1.31. The maximum absolute atomic E-state index is 10.9. The molecule has 0 atom stereocenters. The van der Waals surface area contributed by atoms with Gasteiger partial charge in [-0.25, -0.2) is 0 Å². The van der Waals surface area contributed by atoms with E-state index in [1.54, 1.807) is 6.20 Å². The molecule has 66 valence electrons. The molecule has 0 fully saturated rings. The van der Waals surface area contributed by atoms with Gasteiger partial charge in [-0.05, 0) is 5.22 Å². The molecule has 0 saturated heterocycles. The monoisotopic (exact) mass is 182 g/mol. The summed E-state index contributed by atoms with van der Waals surface area (Å²) in [6, 6.07) is 7.74. The molecule has 0 aromatic heterocycles. The van der Waals surface area contributed by atoms with E-state index in [1.807, 2.05) is 24.3 Å². The summed E-state index contributed by atoms with van der Waals surface area (Å²) in [4.78, 5) is 10.9. The molecule has 0 N–H and O–H groups in total. The van der Waals surface area contributed by atoms with Crippen LogP contribution < -0.4 is 10.4 Å². The summed E-state index contributed by atoms with van der Waals surface area (Å²) in [7, 11) is 0. The van der Waals surface area contributed by atoms with E-state index >= 15 is 0 Å². The second kappa shape index (κ2) is 2.48. The van der Waals surface area contributed by atoms with E-state index in [1.165, 1.54) is 0 Å². The van der Waals surface area contributed by atoms with E-state index in [0.717, 1.165) is 28.0 Å². The van der Waals surface area contributed by atoms with Crippen LogP contribution in [0.1, 0.15) is 0 Å². The molecular formula is C11H6N2O. The van der Waals surface area contributed by atoms with Gasteiger partial charge in [-0.1, -0.05) is 24.3 Å². The fraction of sp³-hybridized carbons (Fsp3) is 0. The van der Waals surface area contributed by atoms with Gasteiger partial charge in [-0.3, -0.25) is 4.79 Å². The van der Waals surface area contributed by atoms with Crippen molar-refractivity contribution in [2.75, 3.05) is 0 Å². The molecule has 0 bridgehead atoms. The average molecular weight is 182 g/mol. The molecule has 0 amide bonds. The third-order valence-corrected chi connectivity index (χ3v) is 2.48. The van der Waals surface area contributed by atoms with E-state index in [4.69, 9.17) is 0 Å². The van der Waals surface area contributed by atoms with Gasteiger partial charge < -0.3 is 0 Å². The Labute approximate surface area is 79.8 Å². The van der Waals surface area contributed by atoms with E-state index in [9.17, 15) is 4.79 Å². The molecule has 1 aromatic carbocycles. The van der Waals surface area contributed by atoms with Crippen molar-refractivity contribution in [1.29, 1.82) is 0 Å². The minimum atomic E-state index is 0.695. The number of azo groups is 1. The molecule has 1 heterocycles. The van der Waals surface area contributed by atoms with Gasteiger partial charge >= 0.3 is 0 Å². The topological polar surface area (TPSA) is 41.8 Å². The smallest absolute Gasteiger partial charge is 0.151 e. The summed E-state index contributed by atoms with van der Waals surface area (Å²) in [5.74, 6) is 0.